The van der Waals surface area contributed by atoms with Crippen LogP contribution in [0.25, 0.3) is 10.8 Å². The summed E-state index contributed by atoms with van der Waals surface area (Å²) < 4.78 is 17.3. The molecule has 0 saturated heterocycles. The van der Waals surface area contributed by atoms with E-state index in [0.29, 0.717) is 25.4 Å². The number of carbonyl (C=O) groups excluding carboxylic acids is 1. The largest absolute Gasteiger partial charge is 0.486 e. The molecular weight excluding hydrogens is 366 g/mol. The second kappa shape index (κ2) is 8.43. The van der Waals surface area contributed by atoms with E-state index in [9.17, 15) is 4.79 Å². The van der Waals surface area contributed by atoms with Crippen molar-refractivity contribution in [1.82, 2.24) is 5.32 Å². The van der Waals surface area contributed by atoms with Crippen molar-refractivity contribution in [2.45, 2.75) is 32.4 Å². The third kappa shape index (κ3) is 4.14. The predicted molar refractivity (Wildman–Crippen MR) is 113 cm³/mol. The second-order valence-corrected chi connectivity index (χ2v) is 7.13. The standard InChI is InChI=1S/C24H25NO4/c1-3-20(29-21-10-6-8-17-7-4-5-9-19(17)21)24(26)25-16(2)18-11-12-22-23(15-18)28-14-13-27-22/h4-12,15-16,20H,3,13-14H2,1-2H3,(H,25,26). The molecule has 150 valence electrons. The summed E-state index contributed by atoms with van der Waals surface area (Å²) in [5, 5.41) is 5.15. The Balaban J connectivity index is 1.47. The first kappa shape index (κ1) is 19.1. The van der Waals surface area contributed by atoms with Crippen LogP contribution in [-0.2, 0) is 4.79 Å². The number of fused-ring (bicyclic) bond motifs is 2. The van der Waals surface area contributed by atoms with Crippen molar-refractivity contribution in [3.63, 3.8) is 0 Å². The van der Waals surface area contributed by atoms with Crippen molar-refractivity contribution in [3.8, 4) is 17.2 Å². The van der Waals surface area contributed by atoms with Crippen LogP contribution in [0.5, 0.6) is 17.2 Å². The molecule has 5 nitrogen and oxygen atoms in total. The quantitative estimate of drug-likeness (QED) is 0.665. The van der Waals surface area contributed by atoms with Crippen molar-refractivity contribution in [3.05, 3.63) is 66.2 Å². The van der Waals surface area contributed by atoms with Crippen molar-refractivity contribution in [2.24, 2.45) is 0 Å². The third-order valence-electron chi connectivity index (χ3n) is 5.11. The molecule has 1 aliphatic rings. The summed E-state index contributed by atoms with van der Waals surface area (Å²) in [7, 11) is 0. The number of hydrogen-bond acceptors (Lipinski definition) is 4. The average molecular weight is 391 g/mol. The van der Waals surface area contributed by atoms with Crippen molar-refractivity contribution >= 4 is 16.7 Å². The number of carbonyl (C=O) groups is 1. The minimum absolute atomic E-state index is 0.136. The Morgan fingerprint density at radius 1 is 1.03 bits per heavy atom. The Hall–Kier alpha value is -3.21. The fraction of sp³-hybridized carbons (Fsp3) is 0.292. The molecule has 2 atom stereocenters. The number of amides is 1. The van der Waals surface area contributed by atoms with E-state index in [4.69, 9.17) is 14.2 Å². The Kier molecular flexibility index (Phi) is 5.56. The van der Waals surface area contributed by atoms with Crippen LogP contribution in [0.4, 0.5) is 0 Å². The molecule has 0 aliphatic carbocycles. The van der Waals surface area contributed by atoms with Crippen molar-refractivity contribution in [2.75, 3.05) is 13.2 Å². The number of rotatable bonds is 6. The molecule has 5 heteroatoms. The maximum atomic E-state index is 12.9. The molecule has 2 unspecified atom stereocenters. The summed E-state index contributed by atoms with van der Waals surface area (Å²) in [6.07, 6.45) is 0.00332. The first-order valence-electron chi connectivity index (χ1n) is 10.00. The maximum absolute atomic E-state index is 12.9. The van der Waals surface area contributed by atoms with E-state index in [1.54, 1.807) is 0 Å². The molecule has 0 aromatic heterocycles. The zero-order valence-electron chi connectivity index (χ0n) is 16.7. The molecule has 0 saturated carbocycles. The number of hydrogen-bond donors (Lipinski definition) is 1. The first-order chi connectivity index (χ1) is 14.2. The summed E-state index contributed by atoms with van der Waals surface area (Å²) in [5.74, 6) is 2.04. The van der Waals surface area contributed by atoms with Gasteiger partial charge in [-0.3, -0.25) is 4.79 Å². The molecule has 29 heavy (non-hydrogen) atoms. The van der Waals surface area contributed by atoms with Gasteiger partial charge in [0.05, 0.1) is 6.04 Å². The van der Waals surface area contributed by atoms with Gasteiger partial charge in [-0.25, -0.2) is 0 Å². The van der Waals surface area contributed by atoms with Crippen LogP contribution >= 0.6 is 0 Å². The van der Waals surface area contributed by atoms with Crippen molar-refractivity contribution < 1.29 is 19.0 Å². The smallest absolute Gasteiger partial charge is 0.261 e. The molecular formula is C24H25NO4. The Bertz CT molecular complexity index is 1010. The molecule has 1 aliphatic heterocycles. The van der Waals surface area contributed by atoms with E-state index in [1.807, 2.05) is 74.5 Å². The van der Waals surface area contributed by atoms with Gasteiger partial charge in [0.2, 0.25) is 0 Å². The van der Waals surface area contributed by atoms with Gasteiger partial charge in [-0.1, -0.05) is 49.4 Å². The molecule has 0 radical (unpaired) electrons. The van der Waals surface area contributed by atoms with Crippen molar-refractivity contribution in [1.29, 1.82) is 0 Å². The number of nitrogens with one attached hydrogen (secondary N) is 1. The van der Waals surface area contributed by atoms with Gasteiger partial charge >= 0.3 is 0 Å². The molecule has 0 bridgehead atoms. The summed E-state index contributed by atoms with van der Waals surface area (Å²) >= 11 is 0. The Morgan fingerprint density at radius 3 is 2.62 bits per heavy atom. The van der Waals surface area contributed by atoms with Gasteiger partial charge < -0.3 is 19.5 Å². The second-order valence-electron chi connectivity index (χ2n) is 7.13. The lowest BCUT2D eigenvalue weighted by Gasteiger charge is -2.23. The monoisotopic (exact) mass is 391 g/mol. The fourth-order valence-electron chi connectivity index (χ4n) is 3.49. The van der Waals surface area contributed by atoms with Crippen LogP contribution in [0.1, 0.15) is 31.9 Å². The first-order valence-corrected chi connectivity index (χ1v) is 10.00. The van der Waals surface area contributed by atoms with E-state index in [2.05, 4.69) is 5.32 Å². The Labute approximate surface area is 170 Å². The van der Waals surface area contributed by atoms with Gasteiger partial charge in [0.25, 0.3) is 5.91 Å². The molecule has 1 heterocycles. The molecule has 3 aromatic rings. The Morgan fingerprint density at radius 2 is 1.79 bits per heavy atom. The molecule has 3 aromatic carbocycles. The molecule has 0 spiro atoms. The van der Waals surface area contributed by atoms with Gasteiger partial charge in [-0.2, -0.15) is 0 Å². The maximum Gasteiger partial charge on any atom is 0.261 e. The highest BCUT2D eigenvalue weighted by Crippen LogP contribution is 2.32. The van der Waals surface area contributed by atoms with Crippen LogP contribution < -0.4 is 19.5 Å². The third-order valence-corrected chi connectivity index (χ3v) is 5.11. The highest BCUT2D eigenvalue weighted by atomic mass is 16.6. The molecule has 1 amide bonds. The van der Waals surface area contributed by atoms with Crippen LogP contribution in [0, 0.1) is 0 Å². The van der Waals surface area contributed by atoms with Crippen LogP contribution in [0.2, 0.25) is 0 Å². The predicted octanol–water partition coefficient (Wildman–Crippen LogP) is 4.65. The normalized spacial score (nSPS) is 14.8. The lowest BCUT2D eigenvalue weighted by Crippen LogP contribution is -2.39. The van der Waals surface area contributed by atoms with Gasteiger partial charge in [0.15, 0.2) is 17.6 Å². The van der Waals surface area contributed by atoms with Gasteiger partial charge in [0.1, 0.15) is 19.0 Å². The summed E-state index contributed by atoms with van der Waals surface area (Å²) in [6.45, 7) is 4.99. The molecule has 0 fully saturated rings. The number of benzene rings is 3. The number of ether oxygens (including phenoxy) is 3. The van der Waals surface area contributed by atoms with E-state index in [-0.39, 0.29) is 11.9 Å². The molecule has 4 rings (SSSR count). The van der Waals surface area contributed by atoms with Crippen LogP contribution in [0.3, 0.4) is 0 Å². The minimum atomic E-state index is -0.569. The minimum Gasteiger partial charge on any atom is -0.486 e. The van der Waals surface area contributed by atoms with Crippen LogP contribution in [-0.4, -0.2) is 25.2 Å². The lowest BCUT2D eigenvalue weighted by molar-refractivity contribution is -0.128. The zero-order valence-corrected chi connectivity index (χ0v) is 16.7. The molecule has 1 N–H and O–H groups in total. The summed E-state index contributed by atoms with van der Waals surface area (Å²) in [4.78, 5) is 12.9. The average Bonchev–Trinajstić information content (AvgIpc) is 2.77. The van der Waals surface area contributed by atoms with Gasteiger partial charge in [-0.05, 0) is 42.5 Å². The highest BCUT2D eigenvalue weighted by molar-refractivity contribution is 5.89. The van der Waals surface area contributed by atoms with Crippen LogP contribution in [0.15, 0.2) is 60.7 Å². The van der Waals surface area contributed by atoms with Gasteiger partial charge in [-0.15, -0.1) is 0 Å². The zero-order chi connectivity index (χ0) is 20.2. The van der Waals surface area contributed by atoms with E-state index in [1.165, 1.54) is 0 Å². The van der Waals surface area contributed by atoms with Gasteiger partial charge in [0, 0.05) is 5.39 Å². The topological polar surface area (TPSA) is 56.8 Å². The SMILES string of the molecule is CCC(Oc1cccc2ccccc12)C(=O)NC(C)c1ccc2c(c1)OCCO2. The van der Waals surface area contributed by atoms with E-state index >= 15 is 0 Å². The lowest BCUT2D eigenvalue weighted by atomic mass is 10.1. The van der Waals surface area contributed by atoms with E-state index < -0.39 is 6.10 Å². The summed E-state index contributed by atoms with van der Waals surface area (Å²) in [6, 6.07) is 19.5. The fourth-order valence-corrected chi connectivity index (χ4v) is 3.49. The summed E-state index contributed by atoms with van der Waals surface area (Å²) in [5.41, 5.74) is 0.961. The highest BCUT2D eigenvalue weighted by Gasteiger charge is 2.22. The van der Waals surface area contributed by atoms with E-state index in [0.717, 1.165) is 27.8 Å².